The first-order chi connectivity index (χ1) is 9.08. The van der Waals surface area contributed by atoms with Gasteiger partial charge < -0.3 is 10.8 Å². The summed E-state index contributed by atoms with van der Waals surface area (Å²) in [6.07, 6.45) is 3.56. The number of nitrogens with two attached hydrogens (primary N) is 1. The van der Waals surface area contributed by atoms with Gasteiger partial charge in [0, 0.05) is 23.6 Å². The van der Waals surface area contributed by atoms with E-state index < -0.39 is 6.10 Å². The van der Waals surface area contributed by atoms with E-state index in [2.05, 4.69) is 31.0 Å². The molecule has 3 nitrogen and oxygen atoms in total. The molecule has 1 heterocycles. The predicted molar refractivity (Wildman–Crippen MR) is 77.7 cm³/mol. The molecule has 19 heavy (non-hydrogen) atoms. The van der Waals surface area contributed by atoms with Gasteiger partial charge in [-0.25, -0.2) is 0 Å². The summed E-state index contributed by atoms with van der Waals surface area (Å²) in [6.45, 7) is 4.39. The maximum atomic E-state index is 10.3. The molecule has 100 valence electrons. The highest BCUT2D eigenvalue weighted by molar-refractivity contribution is 5.48. The van der Waals surface area contributed by atoms with Gasteiger partial charge in [-0.1, -0.05) is 38.1 Å². The number of anilines is 1. The van der Waals surface area contributed by atoms with Gasteiger partial charge in [-0.05, 0) is 29.5 Å². The zero-order valence-electron chi connectivity index (χ0n) is 11.4. The molecule has 2 rings (SSSR count). The average molecular weight is 256 g/mol. The van der Waals surface area contributed by atoms with E-state index in [-0.39, 0.29) is 0 Å². The van der Waals surface area contributed by atoms with Crippen LogP contribution in [0.1, 0.15) is 36.6 Å². The van der Waals surface area contributed by atoms with Crippen molar-refractivity contribution < 1.29 is 5.11 Å². The van der Waals surface area contributed by atoms with Crippen LogP contribution in [0.2, 0.25) is 0 Å². The van der Waals surface area contributed by atoms with Crippen LogP contribution < -0.4 is 5.73 Å². The first-order valence-electron chi connectivity index (χ1n) is 6.54. The van der Waals surface area contributed by atoms with Gasteiger partial charge in [0.15, 0.2) is 0 Å². The number of nitrogen functional groups attached to an aromatic ring is 1. The second-order valence-electron chi connectivity index (χ2n) is 5.25. The van der Waals surface area contributed by atoms with Crippen LogP contribution in [0.25, 0.3) is 0 Å². The Morgan fingerprint density at radius 3 is 2.42 bits per heavy atom. The van der Waals surface area contributed by atoms with Crippen LogP contribution in [0.4, 0.5) is 5.69 Å². The lowest BCUT2D eigenvalue weighted by Crippen LogP contribution is -2.04. The lowest BCUT2D eigenvalue weighted by atomic mass is 9.97. The Balaban J connectivity index is 2.20. The van der Waals surface area contributed by atoms with Crippen molar-refractivity contribution in [1.29, 1.82) is 0 Å². The normalized spacial score (nSPS) is 12.6. The summed E-state index contributed by atoms with van der Waals surface area (Å²) in [7, 11) is 0. The lowest BCUT2D eigenvalue weighted by Gasteiger charge is -2.14. The Morgan fingerprint density at radius 2 is 1.84 bits per heavy atom. The molecular formula is C16H20N2O. The molecule has 3 N–H and O–H groups in total. The lowest BCUT2D eigenvalue weighted by molar-refractivity contribution is 0.220. The van der Waals surface area contributed by atoms with Gasteiger partial charge in [0.2, 0.25) is 0 Å². The van der Waals surface area contributed by atoms with Crippen molar-refractivity contribution in [2.45, 2.75) is 26.4 Å². The molecule has 0 radical (unpaired) electrons. The molecule has 0 spiro atoms. The fourth-order valence-corrected chi connectivity index (χ4v) is 2.13. The molecule has 0 aliphatic heterocycles. The zero-order valence-corrected chi connectivity index (χ0v) is 11.4. The third-order valence-electron chi connectivity index (χ3n) is 3.12. The number of hydrogen-bond donors (Lipinski definition) is 2. The number of pyridine rings is 1. The number of benzene rings is 1. The molecule has 1 aromatic heterocycles. The fraction of sp³-hybridized carbons (Fsp3) is 0.312. The minimum absolute atomic E-state index is 0.564. The summed E-state index contributed by atoms with van der Waals surface area (Å²) < 4.78 is 0. The second kappa shape index (κ2) is 5.85. The van der Waals surface area contributed by atoms with Gasteiger partial charge in [-0.2, -0.15) is 0 Å². The minimum Gasteiger partial charge on any atom is -0.398 e. The van der Waals surface area contributed by atoms with Crippen molar-refractivity contribution in [1.82, 2.24) is 4.98 Å². The topological polar surface area (TPSA) is 59.1 Å². The minimum atomic E-state index is -0.721. The van der Waals surface area contributed by atoms with Crippen molar-refractivity contribution in [3.63, 3.8) is 0 Å². The number of aliphatic hydroxyl groups excluding tert-OH is 1. The molecule has 0 fully saturated rings. The molecule has 0 aliphatic rings. The molecule has 0 bridgehead atoms. The van der Waals surface area contributed by atoms with Gasteiger partial charge in [0.1, 0.15) is 6.10 Å². The number of nitrogens with zero attached hydrogens (tertiary/aromatic N) is 1. The van der Waals surface area contributed by atoms with Crippen molar-refractivity contribution in [2.75, 3.05) is 5.73 Å². The Bertz CT molecular complexity index is 535. The number of hydrogen-bond acceptors (Lipinski definition) is 3. The van der Waals surface area contributed by atoms with Crippen molar-refractivity contribution in [3.8, 4) is 0 Å². The first-order valence-corrected chi connectivity index (χ1v) is 6.54. The molecule has 0 saturated heterocycles. The van der Waals surface area contributed by atoms with Crippen molar-refractivity contribution in [2.24, 2.45) is 5.92 Å². The van der Waals surface area contributed by atoms with E-state index in [1.807, 2.05) is 12.1 Å². The van der Waals surface area contributed by atoms with E-state index >= 15 is 0 Å². The van der Waals surface area contributed by atoms with Gasteiger partial charge in [0.25, 0.3) is 0 Å². The van der Waals surface area contributed by atoms with Crippen LogP contribution in [0.15, 0.2) is 42.7 Å². The number of aliphatic hydroxyl groups is 1. The number of aromatic nitrogens is 1. The first kappa shape index (κ1) is 13.6. The average Bonchev–Trinajstić information content (AvgIpc) is 2.39. The number of rotatable bonds is 4. The predicted octanol–water partition coefficient (Wildman–Crippen LogP) is 2.94. The highest BCUT2D eigenvalue weighted by Gasteiger charge is 2.13. The van der Waals surface area contributed by atoms with Crippen LogP contribution in [0.3, 0.4) is 0 Å². The van der Waals surface area contributed by atoms with Gasteiger partial charge >= 0.3 is 0 Å². The maximum Gasteiger partial charge on any atom is 0.108 e. The van der Waals surface area contributed by atoms with E-state index in [1.165, 1.54) is 5.56 Å². The van der Waals surface area contributed by atoms with Crippen LogP contribution in [-0.4, -0.2) is 10.1 Å². The largest absolute Gasteiger partial charge is 0.398 e. The van der Waals surface area contributed by atoms with Crippen LogP contribution in [0.5, 0.6) is 0 Å². The van der Waals surface area contributed by atoms with E-state index in [9.17, 15) is 5.11 Å². The Labute approximate surface area is 114 Å². The summed E-state index contributed by atoms with van der Waals surface area (Å²) in [5.74, 6) is 0.629. The van der Waals surface area contributed by atoms with Gasteiger partial charge in [0.05, 0.1) is 0 Å². The Hall–Kier alpha value is -1.87. The maximum absolute atomic E-state index is 10.3. The monoisotopic (exact) mass is 256 g/mol. The summed E-state index contributed by atoms with van der Waals surface area (Å²) in [5, 5.41) is 10.3. The zero-order chi connectivity index (χ0) is 13.8. The standard InChI is InChI=1S/C16H20N2O/c1-11(2)9-12-3-5-13(6-4-12)16(19)14-10-18-8-7-15(14)17/h3-8,10-11,16,19H,9H2,1-2H3,(H2,17,18). The summed E-state index contributed by atoms with van der Waals surface area (Å²) >= 11 is 0. The molecule has 2 aromatic rings. The summed E-state index contributed by atoms with van der Waals surface area (Å²) in [6, 6.07) is 9.73. The molecular weight excluding hydrogens is 236 g/mol. The van der Waals surface area contributed by atoms with Crippen molar-refractivity contribution >= 4 is 5.69 Å². The Morgan fingerprint density at radius 1 is 1.16 bits per heavy atom. The third-order valence-corrected chi connectivity index (χ3v) is 3.12. The SMILES string of the molecule is CC(C)Cc1ccc(C(O)c2cnccc2N)cc1. The highest BCUT2D eigenvalue weighted by Crippen LogP contribution is 2.26. The van der Waals surface area contributed by atoms with E-state index in [1.54, 1.807) is 18.5 Å². The van der Waals surface area contributed by atoms with Crippen LogP contribution in [0, 0.1) is 5.92 Å². The van der Waals surface area contributed by atoms with Crippen molar-refractivity contribution in [3.05, 3.63) is 59.4 Å². The van der Waals surface area contributed by atoms with E-state index in [0.29, 0.717) is 17.2 Å². The molecule has 1 aromatic carbocycles. The molecule has 0 amide bonds. The third kappa shape index (κ3) is 3.32. The van der Waals surface area contributed by atoms with Gasteiger partial charge in [-0.3, -0.25) is 4.98 Å². The highest BCUT2D eigenvalue weighted by atomic mass is 16.3. The molecule has 3 heteroatoms. The second-order valence-corrected chi connectivity index (χ2v) is 5.25. The quantitative estimate of drug-likeness (QED) is 0.884. The summed E-state index contributed by atoms with van der Waals surface area (Å²) in [4.78, 5) is 4.01. The molecule has 0 saturated carbocycles. The van der Waals surface area contributed by atoms with E-state index in [4.69, 9.17) is 5.73 Å². The molecule has 1 atom stereocenters. The molecule has 1 unspecified atom stereocenters. The van der Waals surface area contributed by atoms with Crippen LogP contribution in [-0.2, 0) is 6.42 Å². The fourth-order valence-electron chi connectivity index (χ4n) is 2.13. The van der Waals surface area contributed by atoms with Crippen LogP contribution >= 0.6 is 0 Å². The molecule has 0 aliphatic carbocycles. The summed E-state index contributed by atoms with van der Waals surface area (Å²) in [5.41, 5.74) is 9.19. The van der Waals surface area contributed by atoms with Gasteiger partial charge in [-0.15, -0.1) is 0 Å². The smallest absolute Gasteiger partial charge is 0.108 e. The van der Waals surface area contributed by atoms with E-state index in [0.717, 1.165) is 12.0 Å². The Kier molecular flexibility index (Phi) is 4.17.